The first-order valence-corrected chi connectivity index (χ1v) is 11.3. The molecular weight excluding hydrogens is 402 g/mol. The van der Waals surface area contributed by atoms with Crippen molar-refractivity contribution in [2.24, 2.45) is 0 Å². The molecule has 7 heteroatoms. The van der Waals surface area contributed by atoms with Gasteiger partial charge >= 0.3 is 0 Å². The van der Waals surface area contributed by atoms with Gasteiger partial charge in [0, 0.05) is 24.4 Å². The van der Waals surface area contributed by atoms with E-state index < -0.39 is 0 Å². The highest BCUT2D eigenvalue weighted by molar-refractivity contribution is 5.76. The van der Waals surface area contributed by atoms with Crippen molar-refractivity contribution in [3.63, 3.8) is 0 Å². The topological polar surface area (TPSA) is 92.3 Å². The average Bonchev–Trinajstić information content (AvgIpc) is 3.21. The molecule has 32 heavy (non-hydrogen) atoms. The Labute approximate surface area is 188 Å². The number of carbonyl (C=O) groups is 1. The number of aryl methyl sites for hydroxylation is 2. The summed E-state index contributed by atoms with van der Waals surface area (Å²) in [7, 11) is 0. The lowest BCUT2D eigenvalue weighted by Crippen LogP contribution is -2.23. The molecule has 1 saturated carbocycles. The summed E-state index contributed by atoms with van der Waals surface area (Å²) in [5.74, 6) is 0.867. The predicted octanol–water partition coefficient (Wildman–Crippen LogP) is 4.18. The van der Waals surface area contributed by atoms with Crippen LogP contribution in [0.15, 0.2) is 30.5 Å². The molecule has 2 aromatic heterocycles. The molecule has 1 N–H and O–H groups in total. The normalized spacial score (nSPS) is 14.3. The van der Waals surface area contributed by atoms with E-state index in [0.717, 1.165) is 41.1 Å². The van der Waals surface area contributed by atoms with Crippen molar-refractivity contribution in [3.8, 4) is 11.8 Å². The Morgan fingerprint density at radius 2 is 2.09 bits per heavy atom. The maximum Gasteiger partial charge on any atom is 0.220 e. The van der Waals surface area contributed by atoms with E-state index in [-0.39, 0.29) is 5.91 Å². The van der Waals surface area contributed by atoms with Gasteiger partial charge < -0.3 is 10.1 Å². The Morgan fingerprint density at radius 3 is 2.88 bits per heavy atom. The summed E-state index contributed by atoms with van der Waals surface area (Å²) in [6.07, 6.45) is 8.79. The first-order chi connectivity index (χ1) is 15.5. The first-order valence-electron chi connectivity index (χ1n) is 11.3. The van der Waals surface area contributed by atoms with Crippen LogP contribution in [0.3, 0.4) is 0 Å². The van der Waals surface area contributed by atoms with Gasteiger partial charge in [-0.1, -0.05) is 18.6 Å². The third kappa shape index (κ3) is 4.91. The largest absolute Gasteiger partial charge is 0.490 e. The molecule has 0 radical (unpaired) electrons. The second kappa shape index (κ2) is 9.82. The number of ether oxygens (including phenoxy) is 1. The van der Waals surface area contributed by atoms with Gasteiger partial charge in [-0.3, -0.25) is 4.79 Å². The van der Waals surface area contributed by atoms with Crippen LogP contribution >= 0.6 is 0 Å². The number of carbonyl (C=O) groups excluding carboxylic acids is 1. The molecule has 0 unspecified atom stereocenters. The maximum atomic E-state index is 12.5. The molecule has 7 nitrogen and oxygen atoms in total. The number of aromatic nitrogens is 3. The zero-order valence-electron chi connectivity index (χ0n) is 18.7. The molecule has 2 heterocycles. The predicted molar refractivity (Wildman–Crippen MR) is 121 cm³/mol. The summed E-state index contributed by atoms with van der Waals surface area (Å²) >= 11 is 0. The van der Waals surface area contributed by atoms with E-state index >= 15 is 0 Å². The molecule has 4 rings (SSSR count). The van der Waals surface area contributed by atoms with Crippen LogP contribution in [0.4, 0.5) is 0 Å². The van der Waals surface area contributed by atoms with Crippen LogP contribution in [0, 0.1) is 25.2 Å². The molecule has 166 valence electrons. The van der Waals surface area contributed by atoms with Crippen molar-refractivity contribution in [1.29, 1.82) is 5.26 Å². The summed E-state index contributed by atoms with van der Waals surface area (Å²) < 4.78 is 7.81. The van der Waals surface area contributed by atoms with Gasteiger partial charge in [0.05, 0.1) is 12.3 Å². The van der Waals surface area contributed by atoms with E-state index in [1.54, 1.807) is 4.52 Å². The Hall–Kier alpha value is -3.40. The van der Waals surface area contributed by atoms with Gasteiger partial charge in [0.25, 0.3) is 0 Å². The lowest BCUT2D eigenvalue weighted by molar-refractivity contribution is -0.121. The van der Waals surface area contributed by atoms with Gasteiger partial charge in [-0.25, -0.2) is 9.50 Å². The Kier molecular flexibility index (Phi) is 6.69. The van der Waals surface area contributed by atoms with Crippen LogP contribution in [0.2, 0.25) is 0 Å². The van der Waals surface area contributed by atoms with E-state index in [1.807, 2.05) is 38.1 Å². The van der Waals surface area contributed by atoms with Gasteiger partial charge in [-0.05, 0) is 69.2 Å². The van der Waals surface area contributed by atoms with Crippen molar-refractivity contribution >= 4 is 11.6 Å². The Balaban J connectivity index is 1.33. The van der Waals surface area contributed by atoms with Gasteiger partial charge in [-0.15, -0.1) is 0 Å². The zero-order valence-corrected chi connectivity index (χ0v) is 18.7. The lowest BCUT2D eigenvalue weighted by Gasteiger charge is -2.23. The second-order valence-electron chi connectivity index (χ2n) is 8.47. The monoisotopic (exact) mass is 431 g/mol. The van der Waals surface area contributed by atoms with Crippen LogP contribution in [0.5, 0.6) is 5.75 Å². The minimum atomic E-state index is -0.0133. The zero-order chi connectivity index (χ0) is 22.5. The smallest absolute Gasteiger partial charge is 0.220 e. The number of benzene rings is 1. The third-order valence-electron chi connectivity index (χ3n) is 6.17. The quantitative estimate of drug-likeness (QED) is 0.606. The molecule has 1 aliphatic carbocycles. The Bertz CT molecular complexity index is 1160. The van der Waals surface area contributed by atoms with Gasteiger partial charge in [0.2, 0.25) is 5.91 Å². The van der Waals surface area contributed by atoms with Crippen LogP contribution in [-0.4, -0.2) is 26.6 Å². The fourth-order valence-corrected chi connectivity index (χ4v) is 4.38. The van der Waals surface area contributed by atoms with Crippen molar-refractivity contribution < 1.29 is 9.53 Å². The van der Waals surface area contributed by atoms with Gasteiger partial charge in [0.15, 0.2) is 5.65 Å². The maximum absolute atomic E-state index is 12.5. The summed E-state index contributed by atoms with van der Waals surface area (Å²) in [5.41, 5.74) is 4.77. The lowest BCUT2D eigenvalue weighted by atomic mass is 9.98. The molecule has 0 bridgehead atoms. The molecule has 1 aliphatic rings. The molecule has 3 aromatic rings. The summed E-state index contributed by atoms with van der Waals surface area (Å²) in [4.78, 5) is 17.0. The second-order valence-corrected chi connectivity index (χ2v) is 8.47. The minimum Gasteiger partial charge on any atom is -0.490 e. The molecular formula is C25H29N5O2. The van der Waals surface area contributed by atoms with E-state index in [9.17, 15) is 10.1 Å². The summed E-state index contributed by atoms with van der Waals surface area (Å²) in [5, 5.41) is 16.5. The standard InChI is InChI=1S/C25H29N5O2/c1-17-23(18(2)30-25(29-17)20(14-26)16-28-30)11-12-24(31)27-15-19-7-6-10-22(13-19)32-21-8-4-3-5-9-21/h6-7,10,13,16,21H,3-5,8-9,11-12,15H2,1-2H3,(H,27,31). The SMILES string of the molecule is Cc1nc2c(C#N)cnn2c(C)c1CCC(=O)NCc1cccc(OC2CCCCC2)c1. The number of hydrogen-bond acceptors (Lipinski definition) is 5. The van der Waals surface area contributed by atoms with E-state index in [1.165, 1.54) is 25.5 Å². The fraction of sp³-hybridized carbons (Fsp3) is 0.440. The van der Waals surface area contributed by atoms with Crippen LogP contribution in [0.25, 0.3) is 5.65 Å². The van der Waals surface area contributed by atoms with Gasteiger partial charge in [0.1, 0.15) is 17.4 Å². The number of nitrogens with zero attached hydrogens (tertiary/aromatic N) is 4. The number of fused-ring (bicyclic) bond motifs is 1. The van der Waals surface area contributed by atoms with E-state index in [4.69, 9.17) is 4.74 Å². The highest BCUT2D eigenvalue weighted by atomic mass is 16.5. The van der Waals surface area contributed by atoms with Crippen LogP contribution < -0.4 is 10.1 Å². The molecule has 1 aromatic carbocycles. The highest BCUT2D eigenvalue weighted by Gasteiger charge is 2.16. The minimum absolute atomic E-state index is 0.0133. The molecule has 1 fully saturated rings. The molecule has 0 saturated heterocycles. The number of hydrogen-bond donors (Lipinski definition) is 1. The van der Waals surface area contributed by atoms with E-state index in [2.05, 4.69) is 21.5 Å². The third-order valence-corrected chi connectivity index (χ3v) is 6.17. The summed E-state index contributed by atoms with van der Waals surface area (Å²) in [6, 6.07) is 10.1. The fourth-order valence-electron chi connectivity index (χ4n) is 4.38. The van der Waals surface area contributed by atoms with Crippen LogP contribution in [-0.2, 0) is 17.8 Å². The highest BCUT2D eigenvalue weighted by Crippen LogP contribution is 2.24. The molecule has 0 aliphatic heterocycles. The van der Waals surface area contributed by atoms with Crippen LogP contribution in [0.1, 0.15) is 66.6 Å². The number of nitrogens with one attached hydrogen (secondary N) is 1. The van der Waals surface area contributed by atoms with E-state index in [0.29, 0.717) is 36.7 Å². The van der Waals surface area contributed by atoms with Crippen molar-refractivity contribution in [1.82, 2.24) is 19.9 Å². The number of rotatable bonds is 7. The summed E-state index contributed by atoms with van der Waals surface area (Å²) in [6.45, 7) is 4.33. The average molecular weight is 432 g/mol. The number of nitriles is 1. The van der Waals surface area contributed by atoms with Crippen molar-refractivity contribution in [3.05, 3.63) is 58.5 Å². The van der Waals surface area contributed by atoms with Crippen molar-refractivity contribution in [2.45, 2.75) is 71.4 Å². The Morgan fingerprint density at radius 1 is 1.28 bits per heavy atom. The molecule has 1 amide bonds. The first kappa shape index (κ1) is 21.8. The molecule has 0 atom stereocenters. The molecule has 0 spiro atoms. The van der Waals surface area contributed by atoms with Crippen molar-refractivity contribution in [2.75, 3.05) is 0 Å². The van der Waals surface area contributed by atoms with Gasteiger partial charge in [-0.2, -0.15) is 10.4 Å². The number of amides is 1.